The molecular weight excluding hydrogens is 531 g/mol. The SMILES string of the molecule is O=C(Cc1ccc(Br)cc1)N/N=C/c1ccc(OCc2ccc(I)cc2)cc1. The number of amides is 1. The lowest BCUT2D eigenvalue weighted by molar-refractivity contribution is -0.120. The maximum atomic E-state index is 11.9. The molecule has 0 atom stereocenters. The van der Waals surface area contributed by atoms with Crippen LogP contribution >= 0.6 is 38.5 Å². The first-order chi connectivity index (χ1) is 13.6. The maximum Gasteiger partial charge on any atom is 0.244 e. The second-order valence-electron chi connectivity index (χ2n) is 6.08. The molecule has 6 heteroatoms. The smallest absolute Gasteiger partial charge is 0.244 e. The molecule has 0 aromatic heterocycles. The Kier molecular flexibility index (Phi) is 7.62. The number of hydrogen-bond donors (Lipinski definition) is 1. The maximum absolute atomic E-state index is 11.9. The third-order valence-electron chi connectivity index (χ3n) is 3.88. The second kappa shape index (κ2) is 10.4. The van der Waals surface area contributed by atoms with Gasteiger partial charge >= 0.3 is 0 Å². The van der Waals surface area contributed by atoms with Crippen molar-refractivity contribution in [2.45, 2.75) is 13.0 Å². The fraction of sp³-hybridized carbons (Fsp3) is 0.0909. The van der Waals surface area contributed by atoms with Crippen LogP contribution < -0.4 is 10.2 Å². The zero-order chi connectivity index (χ0) is 19.8. The van der Waals surface area contributed by atoms with Crippen molar-refractivity contribution in [2.75, 3.05) is 0 Å². The Balaban J connectivity index is 1.45. The molecule has 1 amide bonds. The summed E-state index contributed by atoms with van der Waals surface area (Å²) in [7, 11) is 0. The van der Waals surface area contributed by atoms with E-state index in [1.54, 1.807) is 6.21 Å². The normalized spacial score (nSPS) is 10.8. The molecule has 4 nitrogen and oxygen atoms in total. The minimum absolute atomic E-state index is 0.156. The third-order valence-corrected chi connectivity index (χ3v) is 5.13. The van der Waals surface area contributed by atoms with E-state index >= 15 is 0 Å². The molecule has 0 radical (unpaired) electrons. The molecule has 0 saturated carbocycles. The molecule has 3 aromatic rings. The minimum atomic E-state index is -0.156. The summed E-state index contributed by atoms with van der Waals surface area (Å²) >= 11 is 5.66. The van der Waals surface area contributed by atoms with Crippen LogP contribution in [0.2, 0.25) is 0 Å². The quantitative estimate of drug-likeness (QED) is 0.247. The highest BCUT2D eigenvalue weighted by molar-refractivity contribution is 14.1. The molecule has 1 N–H and O–H groups in total. The summed E-state index contributed by atoms with van der Waals surface area (Å²) in [5, 5.41) is 4.01. The number of hydrogen-bond acceptors (Lipinski definition) is 3. The molecule has 0 spiro atoms. The molecule has 0 aliphatic rings. The first-order valence-electron chi connectivity index (χ1n) is 8.62. The topological polar surface area (TPSA) is 50.7 Å². The summed E-state index contributed by atoms with van der Waals surface area (Å²) in [5.41, 5.74) is 5.49. The summed E-state index contributed by atoms with van der Waals surface area (Å²) in [5.74, 6) is 0.631. The molecule has 0 fully saturated rings. The largest absolute Gasteiger partial charge is 0.489 e. The molecule has 3 aromatic carbocycles. The van der Waals surface area contributed by atoms with Crippen LogP contribution in [-0.4, -0.2) is 12.1 Å². The lowest BCUT2D eigenvalue weighted by Crippen LogP contribution is -2.19. The van der Waals surface area contributed by atoms with Crippen molar-refractivity contribution in [3.63, 3.8) is 0 Å². The molecule has 0 unspecified atom stereocenters. The van der Waals surface area contributed by atoms with Gasteiger partial charge in [-0.15, -0.1) is 0 Å². The van der Waals surface area contributed by atoms with Gasteiger partial charge in [0.2, 0.25) is 5.91 Å². The van der Waals surface area contributed by atoms with Crippen LogP contribution in [0.15, 0.2) is 82.4 Å². The lowest BCUT2D eigenvalue weighted by atomic mass is 10.1. The highest BCUT2D eigenvalue weighted by Crippen LogP contribution is 2.14. The van der Waals surface area contributed by atoms with Crippen molar-refractivity contribution in [3.8, 4) is 5.75 Å². The van der Waals surface area contributed by atoms with Gasteiger partial charge in [0.05, 0.1) is 12.6 Å². The molecule has 0 aliphatic heterocycles. The van der Waals surface area contributed by atoms with Crippen LogP contribution in [0.1, 0.15) is 16.7 Å². The minimum Gasteiger partial charge on any atom is -0.489 e. The lowest BCUT2D eigenvalue weighted by Gasteiger charge is -2.06. The van der Waals surface area contributed by atoms with E-state index in [1.807, 2.05) is 48.5 Å². The predicted octanol–water partition coefficient (Wildman–Crippen LogP) is 5.33. The zero-order valence-electron chi connectivity index (χ0n) is 14.9. The number of ether oxygens (including phenoxy) is 1. The number of benzene rings is 3. The second-order valence-corrected chi connectivity index (χ2v) is 8.24. The van der Waals surface area contributed by atoms with Crippen LogP contribution in [-0.2, 0) is 17.8 Å². The summed E-state index contributed by atoms with van der Waals surface area (Å²) in [6.45, 7) is 0.524. The average molecular weight is 549 g/mol. The van der Waals surface area contributed by atoms with E-state index in [0.29, 0.717) is 6.61 Å². The van der Waals surface area contributed by atoms with Gasteiger partial charge in [0.15, 0.2) is 0 Å². The number of carbonyl (C=O) groups excluding carboxylic acids is 1. The predicted molar refractivity (Wildman–Crippen MR) is 124 cm³/mol. The van der Waals surface area contributed by atoms with Gasteiger partial charge in [-0.25, -0.2) is 5.43 Å². The van der Waals surface area contributed by atoms with Gasteiger partial charge in [0, 0.05) is 8.04 Å². The monoisotopic (exact) mass is 548 g/mol. The first-order valence-corrected chi connectivity index (χ1v) is 10.5. The number of hydrazone groups is 1. The first kappa shape index (κ1) is 20.5. The van der Waals surface area contributed by atoms with Gasteiger partial charge in [-0.05, 0) is 87.8 Å². The third kappa shape index (κ3) is 6.76. The van der Waals surface area contributed by atoms with E-state index in [2.05, 4.69) is 73.3 Å². The van der Waals surface area contributed by atoms with Crippen LogP contribution in [0.4, 0.5) is 0 Å². The number of carbonyl (C=O) groups is 1. The Bertz CT molecular complexity index is 940. The van der Waals surface area contributed by atoms with Crippen molar-refractivity contribution in [3.05, 3.63) is 97.5 Å². The highest BCUT2D eigenvalue weighted by Gasteiger charge is 2.02. The Morgan fingerprint density at radius 1 is 0.964 bits per heavy atom. The van der Waals surface area contributed by atoms with Gasteiger partial charge in [-0.2, -0.15) is 5.10 Å². The Labute approximate surface area is 186 Å². The van der Waals surface area contributed by atoms with Crippen LogP contribution in [0.25, 0.3) is 0 Å². The Morgan fingerprint density at radius 2 is 1.61 bits per heavy atom. The van der Waals surface area contributed by atoms with Gasteiger partial charge in [0.1, 0.15) is 12.4 Å². The summed E-state index contributed by atoms with van der Waals surface area (Å²) in [4.78, 5) is 11.9. The number of rotatable bonds is 7. The Hall–Kier alpha value is -2.19. The molecular formula is C22H18BrIN2O2. The van der Waals surface area contributed by atoms with Gasteiger partial charge in [-0.1, -0.05) is 40.2 Å². The van der Waals surface area contributed by atoms with E-state index < -0.39 is 0 Å². The van der Waals surface area contributed by atoms with Crippen molar-refractivity contribution in [1.82, 2.24) is 5.43 Å². The standard InChI is InChI=1S/C22H18BrIN2O2/c23-19-7-1-16(2-8-19)13-22(27)26-25-14-17-5-11-21(12-6-17)28-15-18-3-9-20(24)10-4-18/h1-12,14H,13,15H2,(H,26,27)/b25-14+. The summed E-state index contributed by atoms with van der Waals surface area (Å²) < 4.78 is 7.97. The van der Waals surface area contributed by atoms with Crippen molar-refractivity contribution in [2.24, 2.45) is 5.10 Å². The van der Waals surface area contributed by atoms with Crippen molar-refractivity contribution in [1.29, 1.82) is 0 Å². The van der Waals surface area contributed by atoms with Crippen LogP contribution in [0.5, 0.6) is 5.75 Å². The van der Waals surface area contributed by atoms with Gasteiger partial charge < -0.3 is 4.74 Å². The molecule has 0 bridgehead atoms. The molecule has 142 valence electrons. The van der Waals surface area contributed by atoms with Gasteiger partial charge in [-0.3, -0.25) is 4.79 Å². The molecule has 0 aliphatic carbocycles. The van der Waals surface area contributed by atoms with Crippen molar-refractivity contribution < 1.29 is 9.53 Å². The van der Waals surface area contributed by atoms with E-state index in [4.69, 9.17) is 4.74 Å². The van der Waals surface area contributed by atoms with Gasteiger partial charge in [0.25, 0.3) is 0 Å². The number of nitrogens with one attached hydrogen (secondary N) is 1. The summed E-state index contributed by atoms with van der Waals surface area (Å²) in [6, 6.07) is 23.4. The molecule has 0 saturated heterocycles. The fourth-order valence-electron chi connectivity index (χ4n) is 2.40. The average Bonchev–Trinajstić information content (AvgIpc) is 2.70. The van der Waals surface area contributed by atoms with E-state index in [0.717, 1.165) is 26.9 Å². The zero-order valence-corrected chi connectivity index (χ0v) is 18.7. The van der Waals surface area contributed by atoms with Crippen LogP contribution in [0, 0.1) is 3.57 Å². The highest BCUT2D eigenvalue weighted by atomic mass is 127. The number of nitrogens with zero attached hydrogens (tertiary/aromatic N) is 1. The Morgan fingerprint density at radius 3 is 2.29 bits per heavy atom. The fourth-order valence-corrected chi connectivity index (χ4v) is 3.03. The molecule has 28 heavy (non-hydrogen) atoms. The van der Waals surface area contributed by atoms with Crippen molar-refractivity contribution >= 4 is 50.6 Å². The van der Waals surface area contributed by atoms with Crippen LogP contribution in [0.3, 0.4) is 0 Å². The van der Waals surface area contributed by atoms with E-state index in [9.17, 15) is 4.79 Å². The summed E-state index contributed by atoms with van der Waals surface area (Å²) in [6.07, 6.45) is 1.90. The van der Waals surface area contributed by atoms with E-state index in [-0.39, 0.29) is 12.3 Å². The molecule has 0 heterocycles. The molecule has 3 rings (SSSR count). The van der Waals surface area contributed by atoms with E-state index in [1.165, 1.54) is 3.57 Å². The number of halogens is 2.